The third-order valence-corrected chi connectivity index (χ3v) is 1.69. The maximum atomic E-state index is 7.61. The van der Waals surface area contributed by atoms with Gasteiger partial charge in [0.05, 0.1) is 0 Å². The number of nitrogens with two attached hydrogens (primary N) is 2. The quantitative estimate of drug-likeness (QED) is 0.303. The summed E-state index contributed by atoms with van der Waals surface area (Å²) in [4.78, 5) is 1.83. The van der Waals surface area contributed by atoms with Crippen LogP contribution in [0.4, 0.5) is 0 Å². The minimum absolute atomic E-state index is 0.174. The minimum Gasteiger partial charge on any atom is -0.370 e. The molecule has 0 aliphatic carbocycles. The second-order valence-electron chi connectivity index (χ2n) is 3.02. The maximum absolute atomic E-state index is 7.61. The molecular formula is C8H20N6. The second-order valence-corrected chi connectivity index (χ2v) is 3.02. The van der Waals surface area contributed by atoms with Crippen LogP contribution in [0.25, 0.3) is 0 Å². The second kappa shape index (κ2) is 7.14. The normalized spacial score (nSPS) is 9.57. The van der Waals surface area contributed by atoms with Gasteiger partial charge in [0.1, 0.15) is 0 Å². The van der Waals surface area contributed by atoms with Crippen LogP contribution >= 0.6 is 0 Å². The zero-order valence-corrected chi connectivity index (χ0v) is 8.64. The zero-order chi connectivity index (χ0) is 11.0. The third kappa shape index (κ3) is 5.36. The molecule has 0 saturated carbocycles. The lowest BCUT2D eigenvalue weighted by atomic mass is 10.3. The van der Waals surface area contributed by atoms with E-state index in [0.29, 0.717) is 6.54 Å². The molecule has 82 valence electrons. The summed E-state index contributed by atoms with van der Waals surface area (Å²) in [6.45, 7) is 4.15. The first-order valence-corrected chi connectivity index (χ1v) is 4.76. The molecule has 14 heavy (non-hydrogen) atoms. The van der Waals surface area contributed by atoms with E-state index >= 15 is 0 Å². The van der Waals surface area contributed by atoms with E-state index in [-0.39, 0.29) is 11.9 Å². The lowest BCUT2D eigenvalue weighted by molar-refractivity contribution is 0.400. The number of nitrogens with one attached hydrogen (secondary N) is 3. The summed E-state index contributed by atoms with van der Waals surface area (Å²) >= 11 is 0. The average molecular weight is 200 g/mol. The molecule has 0 aromatic carbocycles. The molecular weight excluding hydrogens is 180 g/mol. The van der Waals surface area contributed by atoms with Gasteiger partial charge in [0.2, 0.25) is 0 Å². The van der Waals surface area contributed by atoms with Crippen molar-refractivity contribution in [2.24, 2.45) is 11.5 Å². The van der Waals surface area contributed by atoms with E-state index in [0.717, 1.165) is 25.9 Å². The smallest absolute Gasteiger partial charge is 0.197 e. The lowest BCUT2D eigenvalue weighted by Crippen LogP contribution is -2.46. The molecule has 0 atom stereocenters. The molecule has 6 heteroatoms. The average Bonchev–Trinajstić information content (AvgIpc) is 2.10. The predicted octanol–water partition coefficient (Wildman–Crippen LogP) is -0.535. The summed E-state index contributed by atoms with van der Waals surface area (Å²) in [7, 11) is 0. The maximum Gasteiger partial charge on any atom is 0.197 e. The zero-order valence-electron chi connectivity index (χ0n) is 8.64. The molecule has 0 aliphatic heterocycles. The van der Waals surface area contributed by atoms with Crippen molar-refractivity contribution in [2.75, 3.05) is 19.6 Å². The summed E-state index contributed by atoms with van der Waals surface area (Å²) in [5.74, 6) is -0.0309. The molecule has 0 bridgehead atoms. The van der Waals surface area contributed by atoms with E-state index in [9.17, 15) is 0 Å². The molecule has 0 unspecified atom stereocenters. The SMILES string of the molecule is CCCN(CCCN)C(=N)NC(=N)N. The summed E-state index contributed by atoms with van der Waals surface area (Å²) in [6, 6.07) is 0. The van der Waals surface area contributed by atoms with Gasteiger partial charge in [-0.3, -0.25) is 16.1 Å². The summed E-state index contributed by atoms with van der Waals surface area (Å²) < 4.78 is 0. The van der Waals surface area contributed by atoms with E-state index in [1.807, 2.05) is 11.8 Å². The van der Waals surface area contributed by atoms with Gasteiger partial charge in [-0.15, -0.1) is 0 Å². The standard InChI is InChI=1S/C8H20N6/c1-2-5-14(6-3-4-9)8(12)13-7(10)11/h2-6,9H2,1H3,(H5,10,11,12,13). The largest absolute Gasteiger partial charge is 0.370 e. The molecule has 0 fully saturated rings. The minimum atomic E-state index is -0.205. The van der Waals surface area contributed by atoms with Gasteiger partial charge in [0.25, 0.3) is 0 Å². The molecule has 0 aromatic heterocycles. The van der Waals surface area contributed by atoms with Gasteiger partial charge >= 0.3 is 0 Å². The first kappa shape index (κ1) is 12.7. The van der Waals surface area contributed by atoms with Crippen molar-refractivity contribution in [2.45, 2.75) is 19.8 Å². The fraction of sp³-hybridized carbons (Fsp3) is 0.750. The Hall–Kier alpha value is -1.30. The highest BCUT2D eigenvalue weighted by molar-refractivity contribution is 5.94. The van der Waals surface area contributed by atoms with E-state index in [2.05, 4.69) is 5.32 Å². The van der Waals surface area contributed by atoms with Crippen LogP contribution in [0, 0.1) is 10.8 Å². The lowest BCUT2D eigenvalue weighted by Gasteiger charge is -2.24. The molecule has 7 N–H and O–H groups in total. The van der Waals surface area contributed by atoms with Crippen LogP contribution in [-0.4, -0.2) is 36.5 Å². The van der Waals surface area contributed by atoms with E-state index in [1.54, 1.807) is 0 Å². The first-order chi connectivity index (χ1) is 6.61. The fourth-order valence-corrected chi connectivity index (χ4v) is 1.09. The van der Waals surface area contributed by atoms with Crippen LogP contribution in [0.1, 0.15) is 19.8 Å². The van der Waals surface area contributed by atoms with Crippen molar-refractivity contribution in [3.63, 3.8) is 0 Å². The fourth-order valence-electron chi connectivity index (χ4n) is 1.09. The molecule has 0 amide bonds. The Kier molecular flexibility index (Phi) is 6.47. The Morgan fingerprint density at radius 1 is 1.36 bits per heavy atom. The van der Waals surface area contributed by atoms with Crippen LogP contribution in [0.15, 0.2) is 0 Å². The van der Waals surface area contributed by atoms with Crippen LogP contribution < -0.4 is 16.8 Å². The van der Waals surface area contributed by atoms with E-state index in [4.69, 9.17) is 22.3 Å². The van der Waals surface area contributed by atoms with Crippen molar-refractivity contribution in [1.29, 1.82) is 10.8 Å². The Labute approximate surface area is 84.7 Å². The Morgan fingerprint density at radius 3 is 2.43 bits per heavy atom. The van der Waals surface area contributed by atoms with Crippen molar-refractivity contribution < 1.29 is 0 Å². The topological polar surface area (TPSA) is 115 Å². The molecule has 0 heterocycles. The van der Waals surface area contributed by atoms with Crippen molar-refractivity contribution in [1.82, 2.24) is 10.2 Å². The molecule has 0 aliphatic rings. The Balaban J connectivity index is 4.03. The summed E-state index contributed by atoms with van der Waals surface area (Å²) in [6.07, 6.45) is 1.79. The summed E-state index contributed by atoms with van der Waals surface area (Å²) in [5, 5.41) is 17.1. The van der Waals surface area contributed by atoms with E-state index < -0.39 is 0 Å². The number of nitrogens with zero attached hydrogens (tertiary/aromatic N) is 1. The number of rotatable bonds is 5. The predicted molar refractivity (Wildman–Crippen MR) is 58.3 cm³/mol. The highest BCUT2D eigenvalue weighted by Crippen LogP contribution is 1.93. The number of guanidine groups is 2. The third-order valence-electron chi connectivity index (χ3n) is 1.69. The molecule has 0 aromatic rings. The van der Waals surface area contributed by atoms with E-state index in [1.165, 1.54) is 0 Å². The molecule has 0 spiro atoms. The Morgan fingerprint density at radius 2 is 2.00 bits per heavy atom. The number of hydrogen-bond acceptors (Lipinski definition) is 3. The van der Waals surface area contributed by atoms with Gasteiger partial charge in [-0.2, -0.15) is 0 Å². The van der Waals surface area contributed by atoms with Gasteiger partial charge in [0.15, 0.2) is 11.9 Å². The van der Waals surface area contributed by atoms with Crippen LogP contribution in [0.3, 0.4) is 0 Å². The van der Waals surface area contributed by atoms with Gasteiger partial charge in [0, 0.05) is 13.1 Å². The highest BCUT2D eigenvalue weighted by Gasteiger charge is 2.07. The van der Waals surface area contributed by atoms with Crippen molar-refractivity contribution in [3.05, 3.63) is 0 Å². The van der Waals surface area contributed by atoms with Crippen LogP contribution in [-0.2, 0) is 0 Å². The van der Waals surface area contributed by atoms with Gasteiger partial charge in [-0.05, 0) is 19.4 Å². The molecule has 6 nitrogen and oxygen atoms in total. The van der Waals surface area contributed by atoms with Crippen LogP contribution in [0.5, 0.6) is 0 Å². The summed E-state index contributed by atoms with van der Waals surface area (Å²) in [5.41, 5.74) is 10.5. The van der Waals surface area contributed by atoms with Crippen LogP contribution in [0.2, 0.25) is 0 Å². The Bertz CT molecular complexity index is 190. The monoisotopic (exact) mass is 200 g/mol. The van der Waals surface area contributed by atoms with Gasteiger partial charge < -0.3 is 16.4 Å². The molecule has 0 rings (SSSR count). The number of hydrogen-bond donors (Lipinski definition) is 5. The molecule has 0 radical (unpaired) electrons. The first-order valence-electron chi connectivity index (χ1n) is 4.76. The van der Waals surface area contributed by atoms with Crippen molar-refractivity contribution >= 4 is 11.9 Å². The molecule has 0 saturated heterocycles. The highest BCUT2D eigenvalue weighted by atomic mass is 15.3. The van der Waals surface area contributed by atoms with Crippen molar-refractivity contribution in [3.8, 4) is 0 Å². The van der Waals surface area contributed by atoms with Gasteiger partial charge in [-0.1, -0.05) is 6.92 Å². The van der Waals surface area contributed by atoms with Gasteiger partial charge in [-0.25, -0.2) is 0 Å².